The summed E-state index contributed by atoms with van der Waals surface area (Å²) < 4.78 is 13.1. The minimum Gasteiger partial charge on any atom is -0.387 e. The Morgan fingerprint density at radius 3 is 2.72 bits per heavy atom. The Labute approximate surface area is 198 Å². The SMILES string of the molecule is O[C@@H]1[C@@H](CSc2c(Cl)cccc2Cl)OC(n2cnc3c(NC4CCOC4)ncnc32)[C@@H]1O. The number of ether oxygens (including phenoxy) is 2. The third kappa shape index (κ3) is 4.16. The molecule has 2 aromatic heterocycles. The second-order valence-electron chi connectivity index (χ2n) is 7.66. The number of aliphatic hydroxyl groups excluding tert-OH is 2. The fourth-order valence-electron chi connectivity index (χ4n) is 3.87. The van der Waals surface area contributed by atoms with E-state index >= 15 is 0 Å². The topological polar surface area (TPSA) is 115 Å². The summed E-state index contributed by atoms with van der Waals surface area (Å²) in [7, 11) is 0. The third-order valence-corrected chi connectivity index (χ3v) is 7.63. The van der Waals surface area contributed by atoms with E-state index < -0.39 is 24.5 Å². The number of hydrogen-bond donors (Lipinski definition) is 3. The lowest BCUT2D eigenvalue weighted by molar-refractivity contribution is -0.0289. The number of halogens is 2. The number of fused-ring (bicyclic) bond motifs is 1. The normalized spacial score (nSPS) is 27.9. The standard InChI is InChI=1S/C20H21Cl2N5O4S/c21-11-2-1-3-12(22)17(11)32-7-13-15(28)16(29)20(31-13)27-9-25-14-18(23-8-24-19(14)27)26-10-4-5-30-6-10/h1-3,8-10,13,15-16,20,28-29H,4-7H2,(H,23,24,26)/t10?,13-,15-,16-,20?/m1/s1. The summed E-state index contributed by atoms with van der Waals surface area (Å²) in [5.74, 6) is 0.951. The van der Waals surface area contributed by atoms with Crippen LogP contribution in [0.3, 0.4) is 0 Å². The quantitative estimate of drug-likeness (QED) is 0.442. The van der Waals surface area contributed by atoms with Crippen molar-refractivity contribution in [3.63, 3.8) is 0 Å². The van der Waals surface area contributed by atoms with E-state index in [1.54, 1.807) is 22.8 Å². The van der Waals surface area contributed by atoms with Crippen LogP contribution in [0.2, 0.25) is 10.0 Å². The van der Waals surface area contributed by atoms with Gasteiger partial charge in [0.15, 0.2) is 23.2 Å². The molecule has 2 fully saturated rings. The fraction of sp³-hybridized carbons (Fsp3) is 0.450. The van der Waals surface area contributed by atoms with E-state index in [-0.39, 0.29) is 6.04 Å². The van der Waals surface area contributed by atoms with Crippen LogP contribution >= 0.6 is 35.0 Å². The fourth-order valence-corrected chi connectivity index (χ4v) is 5.61. The smallest absolute Gasteiger partial charge is 0.167 e. The zero-order chi connectivity index (χ0) is 22.2. The number of anilines is 1. The zero-order valence-corrected chi connectivity index (χ0v) is 19.1. The van der Waals surface area contributed by atoms with Gasteiger partial charge in [-0.3, -0.25) is 4.57 Å². The van der Waals surface area contributed by atoms with Gasteiger partial charge in [-0.2, -0.15) is 0 Å². The van der Waals surface area contributed by atoms with E-state index in [0.29, 0.717) is 50.9 Å². The highest BCUT2D eigenvalue weighted by atomic mass is 35.5. The highest BCUT2D eigenvalue weighted by molar-refractivity contribution is 7.99. The summed E-state index contributed by atoms with van der Waals surface area (Å²) >= 11 is 13.8. The Morgan fingerprint density at radius 2 is 1.97 bits per heavy atom. The molecule has 0 bridgehead atoms. The average molecular weight is 498 g/mol. The largest absolute Gasteiger partial charge is 0.387 e. The predicted octanol–water partition coefficient (Wildman–Crippen LogP) is 2.75. The number of aliphatic hydroxyl groups is 2. The van der Waals surface area contributed by atoms with Crippen LogP contribution in [-0.4, -0.2) is 73.1 Å². The van der Waals surface area contributed by atoms with Crippen LogP contribution in [0.5, 0.6) is 0 Å². The van der Waals surface area contributed by atoms with Crippen molar-refractivity contribution in [2.24, 2.45) is 0 Å². The first-order chi connectivity index (χ1) is 15.5. The summed E-state index contributed by atoms with van der Waals surface area (Å²) in [6.45, 7) is 1.32. The van der Waals surface area contributed by atoms with E-state index in [1.165, 1.54) is 24.4 Å². The van der Waals surface area contributed by atoms with Crippen LogP contribution in [0.4, 0.5) is 5.82 Å². The van der Waals surface area contributed by atoms with Gasteiger partial charge in [-0.15, -0.1) is 11.8 Å². The first-order valence-electron chi connectivity index (χ1n) is 10.1. The molecule has 2 aliphatic rings. The van der Waals surface area contributed by atoms with Crippen LogP contribution in [0.25, 0.3) is 11.2 Å². The molecule has 0 aliphatic carbocycles. The van der Waals surface area contributed by atoms with Crippen molar-refractivity contribution in [2.75, 3.05) is 24.3 Å². The van der Waals surface area contributed by atoms with Crippen LogP contribution in [0, 0.1) is 0 Å². The van der Waals surface area contributed by atoms with Crippen molar-refractivity contribution < 1.29 is 19.7 Å². The molecule has 32 heavy (non-hydrogen) atoms. The van der Waals surface area contributed by atoms with Gasteiger partial charge in [-0.25, -0.2) is 15.0 Å². The van der Waals surface area contributed by atoms with Gasteiger partial charge in [0.05, 0.1) is 35.1 Å². The lowest BCUT2D eigenvalue weighted by atomic mass is 10.1. The first kappa shape index (κ1) is 22.1. The Bertz CT molecular complexity index is 1090. The van der Waals surface area contributed by atoms with E-state index in [4.69, 9.17) is 32.7 Å². The molecule has 0 saturated carbocycles. The molecule has 3 N–H and O–H groups in total. The van der Waals surface area contributed by atoms with Gasteiger partial charge in [0.2, 0.25) is 0 Å². The van der Waals surface area contributed by atoms with Gasteiger partial charge < -0.3 is 25.0 Å². The second kappa shape index (κ2) is 9.30. The van der Waals surface area contributed by atoms with Gasteiger partial charge in [0, 0.05) is 17.3 Å². The van der Waals surface area contributed by atoms with Crippen LogP contribution in [-0.2, 0) is 9.47 Å². The molecule has 5 atom stereocenters. The number of imidazole rings is 1. The molecule has 2 unspecified atom stereocenters. The van der Waals surface area contributed by atoms with Gasteiger partial charge in [-0.1, -0.05) is 29.3 Å². The maximum atomic E-state index is 10.7. The molecule has 0 amide bonds. The predicted molar refractivity (Wildman–Crippen MR) is 121 cm³/mol. The molecule has 0 spiro atoms. The van der Waals surface area contributed by atoms with Crippen LogP contribution in [0.15, 0.2) is 35.7 Å². The van der Waals surface area contributed by atoms with Crippen molar-refractivity contribution in [1.82, 2.24) is 19.5 Å². The third-order valence-electron chi connectivity index (χ3n) is 5.55. The number of benzene rings is 1. The first-order valence-corrected chi connectivity index (χ1v) is 11.9. The minimum atomic E-state index is -1.16. The van der Waals surface area contributed by atoms with Gasteiger partial charge in [-0.05, 0) is 18.6 Å². The molecule has 3 aromatic rings. The molecule has 0 radical (unpaired) electrons. The molecule has 1 aromatic carbocycles. The van der Waals surface area contributed by atoms with Crippen molar-refractivity contribution in [3.8, 4) is 0 Å². The number of hydrogen-bond acceptors (Lipinski definition) is 9. The number of nitrogens with zero attached hydrogens (tertiary/aromatic N) is 4. The number of nitrogens with one attached hydrogen (secondary N) is 1. The number of thioether (sulfide) groups is 1. The van der Waals surface area contributed by atoms with E-state index in [0.717, 1.165) is 6.42 Å². The van der Waals surface area contributed by atoms with Crippen molar-refractivity contribution >= 4 is 51.9 Å². The molecule has 170 valence electrons. The Morgan fingerprint density at radius 1 is 1.16 bits per heavy atom. The minimum absolute atomic E-state index is 0.159. The summed E-state index contributed by atoms with van der Waals surface area (Å²) in [6.07, 6.45) is 0.118. The van der Waals surface area contributed by atoms with E-state index in [1.807, 2.05) is 0 Å². The molecule has 2 saturated heterocycles. The Hall–Kier alpha value is -1.66. The lowest BCUT2D eigenvalue weighted by Crippen LogP contribution is -2.32. The molecular weight excluding hydrogens is 477 g/mol. The molecular formula is C20H21Cl2N5O4S. The average Bonchev–Trinajstić information content (AvgIpc) is 3.50. The maximum Gasteiger partial charge on any atom is 0.167 e. The highest BCUT2D eigenvalue weighted by Crippen LogP contribution is 2.38. The summed E-state index contributed by atoms with van der Waals surface area (Å²) in [5, 5.41) is 25.7. The number of rotatable bonds is 6. The monoisotopic (exact) mass is 497 g/mol. The van der Waals surface area contributed by atoms with Crippen molar-refractivity contribution in [3.05, 3.63) is 40.9 Å². The summed E-state index contributed by atoms with van der Waals surface area (Å²) in [5.41, 5.74) is 1.06. The second-order valence-corrected chi connectivity index (χ2v) is 9.50. The zero-order valence-electron chi connectivity index (χ0n) is 16.8. The Kier molecular flexibility index (Phi) is 6.44. The molecule has 2 aliphatic heterocycles. The molecule has 9 nitrogen and oxygen atoms in total. The molecule has 12 heteroatoms. The van der Waals surface area contributed by atoms with Crippen molar-refractivity contribution in [2.45, 2.75) is 41.9 Å². The van der Waals surface area contributed by atoms with E-state index in [2.05, 4.69) is 20.3 Å². The van der Waals surface area contributed by atoms with E-state index in [9.17, 15) is 10.2 Å². The van der Waals surface area contributed by atoms with Gasteiger partial charge in [0.25, 0.3) is 0 Å². The van der Waals surface area contributed by atoms with Gasteiger partial charge in [0.1, 0.15) is 18.5 Å². The van der Waals surface area contributed by atoms with Crippen LogP contribution in [0.1, 0.15) is 12.6 Å². The lowest BCUT2D eigenvalue weighted by Gasteiger charge is -2.17. The summed E-state index contributed by atoms with van der Waals surface area (Å²) in [6, 6.07) is 5.43. The van der Waals surface area contributed by atoms with Crippen molar-refractivity contribution in [1.29, 1.82) is 0 Å². The van der Waals surface area contributed by atoms with Crippen LogP contribution < -0.4 is 5.32 Å². The molecule has 4 heterocycles. The Balaban J connectivity index is 1.34. The van der Waals surface area contributed by atoms with Gasteiger partial charge >= 0.3 is 0 Å². The maximum absolute atomic E-state index is 10.7. The molecule has 5 rings (SSSR count). The summed E-state index contributed by atoms with van der Waals surface area (Å²) in [4.78, 5) is 13.8. The number of aromatic nitrogens is 4. The highest BCUT2D eigenvalue weighted by Gasteiger charge is 2.44.